The minimum Gasteiger partial charge on any atom is -0.353 e. The van der Waals surface area contributed by atoms with Gasteiger partial charge in [-0.1, -0.05) is 51.2 Å². The van der Waals surface area contributed by atoms with Gasteiger partial charge in [0.05, 0.1) is 4.90 Å². The van der Waals surface area contributed by atoms with E-state index in [0.717, 1.165) is 18.4 Å². The van der Waals surface area contributed by atoms with Gasteiger partial charge in [-0.3, -0.25) is 4.79 Å². The predicted molar refractivity (Wildman–Crippen MR) is 112 cm³/mol. The highest BCUT2D eigenvalue weighted by molar-refractivity contribution is 7.89. The molecule has 1 N–H and O–H groups in total. The number of carbonyl (C=O) groups excluding carboxylic acids is 1. The molecule has 28 heavy (non-hydrogen) atoms. The predicted octanol–water partition coefficient (Wildman–Crippen LogP) is 3.88. The first kappa shape index (κ1) is 21.3. The average Bonchev–Trinajstić information content (AvgIpc) is 2.73. The van der Waals surface area contributed by atoms with E-state index in [0.29, 0.717) is 43.2 Å². The molecule has 1 saturated carbocycles. The van der Waals surface area contributed by atoms with E-state index in [2.05, 4.69) is 12.2 Å². The Morgan fingerprint density at radius 1 is 1.04 bits per heavy atom. The van der Waals surface area contributed by atoms with Crippen molar-refractivity contribution in [1.82, 2.24) is 9.62 Å². The van der Waals surface area contributed by atoms with Gasteiger partial charge < -0.3 is 5.32 Å². The quantitative estimate of drug-likeness (QED) is 0.747. The summed E-state index contributed by atoms with van der Waals surface area (Å²) in [6, 6.07) is 7.26. The van der Waals surface area contributed by atoms with Crippen LogP contribution in [0.3, 0.4) is 0 Å². The Morgan fingerprint density at radius 3 is 2.29 bits per heavy atom. The van der Waals surface area contributed by atoms with Crippen LogP contribution in [-0.4, -0.2) is 37.8 Å². The van der Waals surface area contributed by atoms with Crippen LogP contribution >= 0.6 is 0 Å². The van der Waals surface area contributed by atoms with E-state index >= 15 is 0 Å². The summed E-state index contributed by atoms with van der Waals surface area (Å²) in [5.41, 5.74) is 1.13. The summed E-state index contributed by atoms with van der Waals surface area (Å²) >= 11 is 0. The molecule has 1 saturated heterocycles. The zero-order valence-electron chi connectivity index (χ0n) is 17.0. The maximum atomic E-state index is 12.8. The number of hydrogen-bond acceptors (Lipinski definition) is 3. The molecular weight excluding hydrogens is 372 g/mol. The molecule has 1 aliphatic heterocycles. The second-order valence-corrected chi connectivity index (χ2v) is 10.2. The summed E-state index contributed by atoms with van der Waals surface area (Å²) < 4.78 is 27.2. The lowest BCUT2D eigenvalue weighted by atomic mass is 9.86. The van der Waals surface area contributed by atoms with Crippen molar-refractivity contribution < 1.29 is 13.2 Å². The Labute approximate surface area is 169 Å². The van der Waals surface area contributed by atoms with Gasteiger partial charge in [0.1, 0.15) is 0 Å². The van der Waals surface area contributed by atoms with Gasteiger partial charge in [-0.05, 0) is 49.3 Å². The van der Waals surface area contributed by atoms with Crippen molar-refractivity contribution in [3.63, 3.8) is 0 Å². The minimum absolute atomic E-state index is 0.0905. The molecule has 3 rings (SSSR count). The highest BCUT2D eigenvalue weighted by atomic mass is 32.2. The third kappa shape index (κ3) is 5.57. The monoisotopic (exact) mass is 406 g/mol. The lowest BCUT2D eigenvalue weighted by Crippen LogP contribution is -2.46. The van der Waals surface area contributed by atoms with Crippen LogP contribution in [0.25, 0.3) is 0 Å². The summed E-state index contributed by atoms with van der Waals surface area (Å²) in [5.74, 6) is 0.840. The Kier molecular flexibility index (Phi) is 7.52. The number of aryl methyl sites for hydroxylation is 1. The van der Waals surface area contributed by atoms with E-state index in [1.807, 2.05) is 12.1 Å². The van der Waals surface area contributed by atoms with Crippen LogP contribution in [0.2, 0.25) is 0 Å². The number of rotatable bonds is 7. The molecule has 0 radical (unpaired) electrons. The first-order chi connectivity index (χ1) is 13.5. The van der Waals surface area contributed by atoms with Crippen molar-refractivity contribution in [3.05, 3.63) is 29.8 Å². The summed E-state index contributed by atoms with van der Waals surface area (Å²) in [6.07, 6.45) is 10.3. The second kappa shape index (κ2) is 9.88. The highest BCUT2D eigenvalue weighted by Gasteiger charge is 2.30. The van der Waals surface area contributed by atoms with Crippen LogP contribution in [0.15, 0.2) is 29.2 Å². The number of hydrogen-bond donors (Lipinski definition) is 1. The van der Waals surface area contributed by atoms with E-state index in [1.165, 1.54) is 32.1 Å². The maximum absolute atomic E-state index is 12.8. The van der Waals surface area contributed by atoms with E-state index in [9.17, 15) is 13.2 Å². The van der Waals surface area contributed by atoms with Gasteiger partial charge in [0.15, 0.2) is 0 Å². The van der Waals surface area contributed by atoms with E-state index in [1.54, 1.807) is 16.4 Å². The van der Waals surface area contributed by atoms with Gasteiger partial charge in [-0.15, -0.1) is 0 Å². The third-order valence-electron chi connectivity index (χ3n) is 6.29. The molecular formula is C22H34N2O3S. The summed E-state index contributed by atoms with van der Waals surface area (Å²) in [4.78, 5) is 12.6. The van der Waals surface area contributed by atoms with Crippen molar-refractivity contribution in [3.8, 4) is 0 Å². The Hall–Kier alpha value is -1.40. The molecule has 0 aromatic heterocycles. The Bertz CT molecular complexity index is 732. The van der Waals surface area contributed by atoms with Crippen LogP contribution in [0.4, 0.5) is 0 Å². The standard InChI is InChI=1S/C22H34N2O3S/c1-2-18-8-11-21(12-9-18)28(26,27)24-16-14-20(15-17-24)23-22(25)13-10-19-6-4-3-5-7-19/h8-9,11-12,19-20H,2-7,10,13-17H2,1H3,(H,23,25). The maximum Gasteiger partial charge on any atom is 0.243 e. The normalized spacial score (nSPS) is 20.2. The number of nitrogens with one attached hydrogen (secondary N) is 1. The van der Waals surface area contributed by atoms with Crippen molar-refractivity contribution in [2.24, 2.45) is 5.92 Å². The fourth-order valence-electron chi connectivity index (χ4n) is 4.40. The Morgan fingerprint density at radius 2 is 1.68 bits per heavy atom. The topological polar surface area (TPSA) is 66.5 Å². The molecule has 1 aliphatic carbocycles. The zero-order valence-corrected chi connectivity index (χ0v) is 17.8. The van der Waals surface area contributed by atoms with Gasteiger partial charge in [-0.25, -0.2) is 8.42 Å². The fraction of sp³-hybridized carbons (Fsp3) is 0.682. The third-order valence-corrected chi connectivity index (χ3v) is 8.21. The first-order valence-electron chi connectivity index (χ1n) is 10.9. The molecule has 2 aliphatic rings. The summed E-state index contributed by atoms with van der Waals surface area (Å²) in [6.45, 7) is 2.98. The number of nitrogens with zero attached hydrogens (tertiary/aromatic N) is 1. The van der Waals surface area contributed by atoms with Crippen LogP contribution in [-0.2, 0) is 21.2 Å². The highest BCUT2D eigenvalue weighted by Crippen LogP contribution is 2.27. The largest absolute Gasteiger partial charge is 0.353 e. The molecule has 0 atom stereocenters. The molecule has 1 heterocycles. The van der Waals surface area contributed by atoms with Gasteiger partial charge in [-0.2, -0.15) is 4.31 Å². The minimum atomic E-state index is -3.44. The van der Waals surface area contributed by atoms with Gasteiger partial charge in [0, 0.05) is 25.6 Å². The van der Waals surface area contributed by atoms with Crippen molar-refractivity contribution in [2.45, 2.75) is 82.1 Å². The summed E-state index contributed by atoms with van der Waals surface area (Å²) in [5, 5.41) is 3.12. The van der Waals surface area contributed by atoms with Gasteiger partial charge in [0.2, 0.25) is 15.9 Å². The smallest absolute Gasteiger partial charge is 0.243 e. The first-order valence-corrected chi connectivity index (χ1v) is 12.3. The van der Waals surface area contributed by atoms with Crippen LogP contribution in [0.1, 0.15) is 70.3 Å². The lowest BCUT2D eigenvalue weighted by Gasteiger charge is -2.31. The molecule has 0 unspecified atom stereocenters. The molecule has 6 heteroatoms. The van der Waals surface area contributed by atoms with E-state index < -0.39 is 10.0 Å². The molecule has 0 bridgehead atoms. The fourth-order valence-corrected chi connectivity index (χ4v) is 5.87. The molecule has 2 fully saturated rings. The van der Waals surface area contributed by atoms with Gasteiger partial charge >= 0.3 is 0 Å². The zero-order chi connectivity index (χ0) is 20.0. The number of benzene rings is 1. The SMILES string of the molecule is CCc1ccc(S(=O)(=O)N2CCC(NC(=O)CCC3CCCCC3)CC2)cc1. The van der Waals surface area contributed by atoms with E-state index in [-0.39, 0.29) is 11.9 Å². The van der Waals surface area contributed by atoms with Crippen LogP contribution in [0.5, 0.6) is 0 Å². The molecule has 5 nitrogen and oxygen atoms in total. The number of carbonyl (C=O) groups is 1. The summed E-state index contributed by atoms with van der Waals surface area (Å²) in [7, 11) is -3.44. The molecule has 1 aromatic rings. The van der Waals surface area contributed by atoms with Crippen LogP contribution in [0, 0.1) is 5.92 Å². The van der Waals surface area contributed by atoms with E-state index in [4.69, 9.17) is 0 Å². The van der Waals surface area contributed by atoms with Crippen molar-refractivity contribution in [1.29, 1.82) is 0 Å². The van der Waals surface area contributed by atoms with Gasteiger partial charge in [0.25, 0.3) is 0 Å². The molecule has 0 spiro atoms. The van der Waals surface area contributed by atoms with Crippen LogP contribution < -0.4 is 5.32 Å². The Balaban J connectivity index is 1.44. The number of sulfonamides is 1. The number of amides is 1. The number of piperidine rings is 1. The average molecular weight is 407 g/mol. The second-order valence-electron chi connectivity index (χ2n) is 8.29. The lowest BCUT2D eigenvalue weighted by molar-refractivity contribution is -0.122. The molecule has 156 valence electrons. The van der Waals surface area contributed by atoms with Crippen molar-refractivity contribution >= 4 is 15.9 Å². The molecule has 1 amide bonds. The molecule has 1 aromatic carbocycles. The van der Waals surface area contributed by atoms with Crippen molar-refractivity contribution in [2.75, 3.05) is 13.1 Å².